The minimum atomic E-state index is -4.38. The third kappa shape index (κ3) is 7.37. The summed E-state index contributed by atoms with van der Waals surface area (Å²) in [7, 11) is 0. The van der Waals surface area contributed by atoms with E-state index in [1.165, 1.54) is 6.07 Å². The standard InChI is InChI=1S/C19H21F3N4O.HI/c1-2-24-18(25-11-13-5-3-7-15(9-13)17(23)27)26-12-14-6-4-8-16(10-14)19(20,21)22;/h3-10H,2,11-12H2,1H3,(H2,23,27)(H2,24,25,26);1H. The number of alkyl halides is 3. The molecule has 0 saturated heterocycles. The summed E-state index contributed by atoms with van der Waals surface area (Å²) in [5.41, 5.74) is 6.26. The smallest absolute Gasteiger partial charge is 0.366 e. The van der Waals surface area contributed by atoms with Crippen molar-refractivity contribution in [2.24, 2.45) is 10.7 Å². The molecule has 9 heteroatoms. The number of halogens is 4. The average Bonchev–Trinajstić information content (AvgIpc) is 2.64. The van der Waals surface area contributed by atoms with Crippen molar-refractivity contribution in [3.8, 4) is 0 Å². The van der Waals surface area contributed by atoms with Crippen molar-refractivity contribution < 1.29 is 18.0 Å². The van der Waals surface area contributed by atoms with Gasteiger partial charge in [-0.15, -0.1) is 24.0 Å². The van der Waals surface area contributed by atoms with Crippen LogP contribution in [0.1, 0.15) is 34.0 Å². The Morgan fingerprint density at radius 1 is 1.07 bits per heavy atom. The van der Waals surface area contributed by atoms with Crippen LogP contribution < -0.4 is 16.4 Å². The maximum Gasteiger partial charge on any atom is 0.416 e. The number of amides is 1. The summed E-state index contributed by atoms with van der Waals surface area (Å²) < 4.78 is 38.4. The minimum absolute atomic E-state index is 0. The van der Waals surface area contributed by atoms with Gasteiger partial charge in [-0.2, -0.15) is 13.2 Å². The van der Waals surface area contributed by atoms with E-state index in [9.17, 15) is 18.0 Å². The molecule has 28 heavy (non-hydrogen) atoms. The van der Waals surface area contributed by atoms with E-state index in [-0.39, 0.29) is 30.5 Å². The van der Waals surface area contributed by atoms with E-state index in [2.05, 4.69) is 15.6 Å². The van der Waals surface area contributed by atoms with Crippen LogP contribution in [0.5, 0.6) is 0 Å². The summed E-state index contributed by atoms with van der Waals surface area (Å²) >= 11 is 0. The van der Waals surface area contributed by atoms with Crippen LogP contribution >= 0.6 is 24.0 Å². The SMILES string of the molecule is CCNC(=NCc1cccc(C(F)(F)F)c1)NCc1cccc(C(N)=O)c1.I. The summed E-state index contributed by atoms with van der Waals surface area (Å²) in [5, 5.41) is 6.11. The monoisotopic (exact) mass is 506 g/mol. The molecule has 0 aliphatic heterocycles. The Morgan fingerprint density at radius 2 is 1.75 bits per heavy atom. The van der Waals surface area contributed by atoms with Crippen LogP contribution in [-0.4, -0.2) is 18.4 Å². The van der Waals surface area contributed by atoms with Gasteiger partial charge in [-0.05, 0) is 42.3 Å². The van der Waals surface area contributed by atoms with Crippen molar-refractivity contribution in [3.63, 3.8) is 0 Å². The number of nitrogens with two attached hydrogens (primary N) is 1. The summed E-state index contributed by atoms with van der Waals surface area (Å²) in [6, 6.07) is 11.9. The molecule has 2 rings (SSSR count). The Hall–Kier alpha value is -2.30. The van der Waals surface area contributed by atoms with Gasteiger partial charge in [-0.25, -0.2) is 4.99 Å². The van der Waals surface area contributed by atoms with Gasteiger partial charge in [0.25, 0.3) is 0 Å². The molecule has 0 aromatic heterocycles. The van der Waals surface area contributed by atoms with Crippen LogP contribution in [0.2, 0.25) is 0 Å². The molecule has 0 fully saturated rings. The highest BCUT2D eigenvalue weighted by molar-refractivity contribution is 14.0. The predicted octanol–water partition coefficient (Wildman–Crippen LogP) is 3.68. The second-order valence-corrected chi connectivity index (χ2v) is 5.81. The van der Waals surface area contributed by atoms with Crippen LogP contribution in [0.15, 0.2) is 53.5 Å². The summed E-state index contributed by atoms with van der Waals surface area (Å²) in [4.78, 5) is 15.6. The third-order valence-electron chi connectivity index (χ3n) is 3.69. The number of aliphatic imine (C=N–C) groups is 1. The Morgan fingerprint density at radius 3 is 2.39 bits per heavy atom. The number of nitrogens with zero attached hydrogens (tertiary/aromatic N) is 1. The van der Waals surface area contributed by atoms with Gasteiger partial charge in [-0.3, -0.25) is 4.79 Å². The minimum Gasteiger partial charge on any atom is -0.366 e. The predicted molar refractivity (Wildman–Crippen MR) is 113 cm³/mol. The molecule has 0 saturated carbocycles. The molecule has 0 unspecified atom stereocenters. The Bertz CT molecular complexity index is 825. The number of carbonyl (C=O) groups excluding carboxylic acids is 1. The van der Waals surface area contributed by atoms with Gasteiger partial charge in [0.2, 0.25) is 5.91 Å². The van der Waals surface area contributed by atoms with Crippen molar-refractivity contribution in [1.82, 2.24) is 10.6 Å². The first-order valence-corrected chi connectivity index (χ1v) is 8.36. The van der Waals surface area contributed by atoms with E-state index in [0.717, 1.165) is 17.7 Å². The molecule has 0 radical (unpaired) electrons. The topological polar surface area (TPSA) is 79.5 Å². The van der Waals surface area contributed by atoms with Crippen LogP contribution in [0.25, 0.3) is 0 Å². The van der Waals surface area contributed by atoms with E-state index < -0.39 is 17.6 Å². The first-order valence-electron chi connectivity index (χ1n) is 8.36. The van der Waals surface area contributed by atoms with Crippen molar-refractivity contribution in [2.75, 3.05) is 6.54 Å². The van der Waals surface area contributed by atoms with Gasteiger partial charge in [-0.1, -0.05) is 24.3 Å². The summed E-state index contributed by atoms with van der Waals surface area (Å²) in [5.74, 6) is -0.0543. The second-order valence-electron chi connectivity index (χ2n) is 5.81. The Balaban J connectivity index is 0.00000392. The average molecular weight is 506 g/mol. The zero-order chi connectivity index (χ0) is 19.9. The molecule has 0 spiro atoms. The molecule has 2 aromatic carbocycles. The summed E-state index contributed by atoms with van der Waals surface area (Å²) in [6.07, 6.45) is -4.38. The molecular formula is C19H22F3IN4O. The number of rotatable bonds is 6. The van der Waals surface area contributed by atoms with Gasteiger partial charge >= 0.3 is 6.18 Å². The lowest BCUT2D eigenvalue weighted by atomic mass is 10.1. The van der Waals surface area contributed by atoms with Crippen molar-refractivity contribution >= 4 is 35.8 Å². The first-order chi connectivity index (χ1) is 12.8. The molecule has 0 atom stereocenters. The van der Waals surface area contributed by atoms with Gasteiger partial charge in [0.15, 0.2) is 5.96 Å². The molecule has 5 nitrogen and oxygen atoms in total. The number of benzene rings is 2. The van der Waals surface area contributed by atoms with E-state index >= 15 is 0 Å². The van der Waals surface area contributed by atoms with Crippen molar-refractivity contribution in [1.29, 1.82) is 0 Å². The normalized spacial score (nSPS) is 11.5. The first kappa shape index (κ1) is 23.7. The molecule has 152 valence electrons. The fourth-order valence-electron chi connectivity index (χ4n) is 2.38. The number of guanidine groups is 1. The van der Waals surface area contributed by atoms with E-state index in [1.807, 2.05) is 13.0 Å². The lowest BCUT2D eigenvalue weighted by molar-refractivity contribution is -0.137. The molecule has 0 bridgehead atoms. The number of nitrogens with one attached hydrogen (secondary N) is 2. The zero-order valence-corrected chi connectivity index (χ0v) is 17.5. The van der Waals surface area contributed by atoms with Gasteiger partial charge < -0.3 is 16.4 Å². The molecule has 1 amide bonds. The largest absolute Gasteiger partial charge is 0.416 e. The number of hydrogen-bond donors (Lipinski definition) is 3. The highest BCUT2D eigenvalue weighted by Crippen LogP contribution is 2.29. The van der Waals surface area contributed by atoms with Crippen LogP contribution in [-0.2, 0) is 19.3 Å². The third-order valence-corrected chi connectivity index (χ3v) is 3.69. The van der Waals surface area contributed by atoms with Crippen LogP contribution in [0.4, 0.5) is 13.2 Å². The van der Waals surface area contributed by atoms with Crippen LogP contribution in [0, 0.1) is 0 Å². The molecular weight excluding hydrogens is 484 g/mol. The fourth-order valence-corrected chi connectivity index (χ4v) is 2.38. The van der Waals surface area contributed by atoms with E-state index in [4.69, 9.17) is 5.73 Å². The highest BCUT2D eigenvalue weighted by atomic mass is 127. The van der Waals surface area contributed by atoms with Crippen molar-refractivity contribution in [2.45, 2.75) is 26.2 Å². The van der Waals surface area contributed by atoms with Crippen LogP contribution in [0.3, 0.4) is 0 Å². The zero-order valence-electron chi connectivity index (χ0n) is 15.2. The molecule has 4 N–H and O–H groups in total. The maximum absolute atomic E-state index is 12.8. The fraction of sp³-hybridized carbons (Fsp3) is 0.263. The van der Waals surface area contributed by atoms with E-state index in [0.29, 0.717) is 30.2 Å². The second kappa shape index (κ2) is 10.9. The molecule has 0 heterocycles. The Kier molecular flexibility index (Phi) is 9.23. The van der Waals surface area contributed by atoms with Gasteiger partial charge in [0, 0.05) is 18.7 Å². The molecule has 0 aliphatic rings. The molecule has 0 aliphatic carbocycles. The quantitative estimate of drug-likeness (QED) is 0.318. The van der Waals surface area contributed by atoms with E-state index in [1.54, 1.807) is 24.3 Å². The lowest BCUT2D eigenvalue weighted by Crippen LogP contribution is -2.36. The highest BCUT2D eigenvalue weighted by Gasteiger charge is 2.30. The summed E-state index contributed by atoms with van der Waals surface area (Å²) in [6.45, 7) is 2.96. The maximum atomic E-state index is 12.8. The number of carbonyl (C=O) groups is 1. The lowest BCUT2D eigenvalue weighted by Gasteiger charge is -2.12. The molecule has 2 aromatic rings. The van der Waals surface area contributed by atoms with Gasteiger partial charge in [0.1, 0.15) is 0 Å². The number of hydrogen-bond acceptors (Lipinski definition) is 2. The van der Waals surface area contributed by atoms with Crippen molar-refractivity contribution in [3.05, 3.63) is 70.8 Å². The van der Waals surface area contributed by atoms with Gasteiger partial charge in [0.05, 0.1) is 12.1 Å². The number of primary amides is 1. The Labute approximate surface area is 178 Å².